The van der Waals surface area contributed by atoms with Gasteiger partial charge in [0.25, 0.3) is 0 Å². The van der Waals surface area contributed by atoms with Crippen LogP contribution in [0.4, 0.5) is 0 Å². The van der Waals surface area contributed by atoms with Crippen LogP contribution in [0.3, 0.4) is 0 Å². The number of hydrogen-bond acceptors (Lipinski definition) is 2. The van der Waals surface area contributed by atoms with Crippen LogP contribution in [-0.2, 0) is 6.42 Å². The normalized spacial score (nSPS) is 12.7. The molecule has 0 aliphatic rings. The van der Waals surface area contributed by atoms with Crippen LogP contribution >= 0.6 is 0 Å². The number of hydrogen-bond donors (Lipinski definition) is 1. The molecule has 0 aromatic carbocycles. The molecule has 0 amide bonds. The number of rotatable bonds is 6. The van der Waals surface area contributed by atoms with Crippen molar-refractivity contribution in [3.63, 3.8) is 0 Å². The van der Waals surface area contributed by atoms with Crippen LogP contribution in [-0.4, -0.2) is 18.6 Å². The largest absolute Gasteiger partial charge is 0.319 e. The first-order chi connectivity index (χ1) is 6.83. The molecule has 0 saturated carbocycles. The molecule has 78 valence electrons. The minimum atomic E-state index is 0.775. The van der Waals surface area contributed by atoms with Crippen LogP contribution < -0.4 is 5.32 Å². The molecule has 0 saturated heterocycles. The van der Waals surface area contributed by atoms with Crippen molar-refractivity contribution in [2.24, 2.45) is 5.92 Å². The average Bonchev–Trinajstić information content (AvgIpc) is 2.20. The first-order valence-corrected chi connectivity index (χ1v) is 5.36. The highest BCUT2D eigenvalue weighted by molar-refractivity contribution is 5.08. The van der Waals surface area contributed by atoms with Gasteiger partial charge >= 0.3 is 0 Å². The lowest BCUT2D eigenvalue weighted by atomic mass is 10.0. The van der Waals surface area contributed by atoms with Gasteiger partial charge in [-0.2, -0.15) is 0 Å². The van der Waals surface area contributed by atoms with Crippen molar-refractivity contribution in [1.82, 2.24) is 10.3 Å². The van der Waals surface area contributed by atoms with Crippen molar-refractivity contribution in [2.45, 2.75) is 26.2 Å². The SMILES string of the molecule is CNCC(C)CCCc1cccnc1. The zero-order chi connectivity index (χ0) is 10.2. The Labute approximate surface area is 86.8 Å². The van der Waals surface area contributed by atoms with E-state index < -0.39 is 0 Å². The minimum absolute atomic E-state index is 0.775. The summed E-state index contributed by atoms with van der Waals surface area (Å²) in [6.07, 6.45) is 7.49. The lowest BCUT2D eigenvalue weighted by Gasteiger charge is -2.09. The van der Waals surface area contributed by atoms with Gasteiger partial charge in [0.2, 0.25) is 0 Å². The van der Waals surface area contributed by atoms with Gasteiger partial charge in [-0.15, -0.1) is 0 Å². The number of aromatic nitrogens is 1. The van der Waals surface area contributed by atoms with Gasteiger partial charge in [0.15, 0.2) is 0 Å². The van der Waals surface area contributed by atoms with E-state index in [9.17, 15) is 0 Å². The number of nitrogens with zero attached hydrogens (tertiary/aromatic N) is 1. The van der Waals surface area contributed by atoms with Gasteiger partial charge in [0.05, 0.1) is 0 Å². The molecule has 0 spiro atoms. The molecule has 14 heavy (non-hydrogen) atoms. The molecule has 1 unspecified atom stereocenters. The molecule has 2 heteroatoms. The topological polar surface area (TPSA) is 24.9 Å². The lowest BCUT2D eigenvalue weighted by Crippen LogP contribution is -2.16. The molecule has 1 rings (SSSR count). The van der Waals surface area contributed by atoms with E-state index in [4.69, 9.17) is 0 Å². The summed E-state index contributed by atoms with van der Waals surface area (Å²) in [5.41, 5.74) is 1.35. The second-order valence-corrected chi connectivity index (χ2v) is 3.92. The Balaban J connectivity index is 2.16. The average molecular weight is 192 g/mol. The summed E-state index contributed by atoms with van der Waals surface area (Å²) < 4.78 is 0. The Morgan fingerprint density at radius 3 is 3.00 bits per heavy atom. The predicted molar refractivity (Wildman–Crippen MR) is 60.3 cm³/mol. The summed E-state index contributed by atoms with van der Waals surface area (Å²) in [5, 5.41) is 3.20. The van der Waals surface area contributed by atoms with E-state index in [1.165, 1.54) is 18.4 Å². The van der Waals surface area contributed by atoms with Crippen molar-refractivity contribution >= 4 is 0 Å². The van der Waals surface area contributed by atoms with Crippen LogP contribution in [0.25, 0.3) is 0 Å². The molecule has 0 bridgehead atoms. The molecule has 0 radical (unpaired) electrons. The number of nitrogens with one attached hydrogen (secondary N) is 1. The summed E-state index contributed by atoms with van der Waals surface area (Å²) in [6, 6.07) is 4.15. The second-order valence-electron chi connectivity index (χ2n) is 3.92. The predicted octanol–water partition coefficient (Wildman–Crippen LogP) is 2.26. The van der Waals surface area contributed by atoms with E-state index in [0.29, 0.717) is 0 Å². The van der Waals surface area contributed by atoms with E-state index in [-0.39, 0.29) is 0 Å². The maximum Gasteiger partial charge on any atom is 0.0299 e. The highest BCUT2D eigenvalue weighted by Crippen LogP contribution is 2.08. The fourth-order valence-corrected chi connectivity index (χ4v) is 1.65. The smallest absolute Gasteiger partial charge is 0.0299 e. The summed E-state index contributed by atoms with van der Waals surface area (Å²) in [5.74, 6) is 0.775. The van der Waals surface area contributed by atoms with E-state index >= 15 is 0 Å². The number of pyridine rings is 1. The second kappa shape index (κ2) is 6.55. The van der Waals surface area contributed by atoms with E-state index in [2.05, 4.69) is 23.3 Å². The Kier molecular flexibility index (Phi) is 5.23. The van der Waals surface area contributed by atoms with Crippen molar-refractivity contribution in [3.8, 4) is 0 Å². The standard InChI is InChI=1S/C12H20N2/c1-11(9-13-2)5-3-6-12-7-4-8-14-10-12/h4,7-8,10-11,13H,3,5-6,9H2,1-2H3. The van der Waals surface area contributed by atoms with Crippen molar-refractivity contribution in [3.05, 3.63) is 30.1 Å². The lowest BCUT2D eigenvalue weighted by molar-refractivity contribution is 0.486. The molecule has 2 nitrogen and oxygen atoms in total. The molecule has 0 fully saturated rings. The monoisotopic (exact) mass is 192 g/mol. The minimum Gasteiger partial charge on any atom is -0.319 e. The molecule has 1 aromatic heterocycles. The maximum absolute atomic E-state index is 4.11. The molecular weight excluding hydrogens is 172 g/mol. The summed E-state index contributed by atoms with van der Waals surface area (Å²) in [6.45, 7) is 3.41. The third-order valence-corrected chi connectivity index (χ3v) is 2.44. The Hall–Kier alpha value is -0.890. The zero-order valence-corrected chi connectivity index (χ0v) is 9.16. The van der Waals surface area contributed by atoms with Gasteiger partial charge in [-0.05, 0) is 50.4 Å². The van der Waals surface area contributed by atoms with E-state index in [1.807, 2.05) is 25.5 Å². The molecule has 1 heterocycles. The van der Waals surface area contributed by atoms with Crippen molar-refractivity contribution < 1.29 is 0 Å². The van der Waals surface area contributed by atoms with E-state index in [1.54, 1.807) is 0 Å². The Morgan fingerprint density at radius 2 is 2.36 bits per heavy atom. The molecule has 1 aromatic rings. The highest BCUT2D eigenvalue weighted by Gasteiger charge is 2.00. The number of aryl methyl sites for hydroxylation is 1. The fourth-order valence-electron chi connectivity index (χ4n) is 1.65. The van der Waals surface area contributed by atoms with Crippen LogP contribution in [0.15, 0.2) is 24.5 Å². The first kappa shape index (κ1) is 11.2. The van der Waals surface area contributed by atoms with Crippen LogP contribution in [0.5, 0.6) is 0 Å². The summed E-state index contributed by atoms with van der Waals surface area (Å²) in [7, 11) is 2.01. The van der Waals surface area contributed by atoms with Gasteiger partial charge in [-0.25, -0.2) is 0 Å². The quantitative estimate of drug-likeness (QED) is 0.748. The zero-order valence-electron chi connectivity index (χ0n) is 9.16. The summed E-state index contributed by atoms with van der Waals surface area (Å²) >= 11 is 0. The molecule has 0 aliphatic heterocycles. The van der Waals surface area contributed by atoms with Gasteiger partial charge in [-0.3, -0.25) is 4.98 Å². The van der Waals surface area contributed by atoms with Gasteiger partial charge in [0.1, 0.15) is 0 Å². The molecule has 1 N–H and O–H groups in total. The van der Waals surface area contributed by atoms with Crippen LogP contribution in [0.2, 0.25) is 0 Å². The van der Waals surface area contributed by atoms with Gasteiger partial charge < -0.3 is 5.32 Å². The summed E-state index contributed by atoms with van der Waals surface area (Å²) in [4.78, 5) is 4.11. The molecule has 1 atom stereocenters. The van der Waals surface area contributed by atoms with Crippen LogP contribution in [0.1, 0.15) is 25.3 Å². The van der Waals surface area contributed by atoms with Gasteiger partial charge in [0, 0.05) is 12.4 Å². The highest BCUT2D eigenvalue weighted by atomic mass is 14.8. The Bertz CT molecular complexity index is 233. The molecule has 0 aliphatic carbocycles. The van der Waals surface area contributed by atoms with Crippen molar-refractivity contribution in [1.29, 1.82) is 0 Å². The van der Waals surface area contributed by atoms with Crippen LogP contribution in [0, 0.1) is 5.92 Å². The van der Waals surface area contributed by atoms with E-state index in [0.717, 1.165) is 18.9 Å². The first-order valence-electron chi connectivity index (χ1n) is 5.36. The maximum atomic E-state index is 4.11. The fraction of sp³-hybridized carbons (Fsp3) is 0.583. The van der Waals surface area contributed by atoms with Crippen molar-refractivity contribution in [2.75, 3.05) is 13.6 Å². The third kappa shape index (κ3) is 4.38. The molecular formula is C12H20N2. The Morgan fingerprint density at radius 1 is 1.50 bits per heavy atom. The third-order valence-electron chi connectivity index (χ3n) is 2.44. The van der Waals surface area contributed by atoms with Gasteiger partial charge in [-0.1, -0.05) is 13.0 Å².